The summed E-state index contributed by atoms with van der Waals surface area (Å²) in [5.41, 5.74) is 34.1. The van der Waals surface area contributed by atoms with Crippen molar-refractivity contribution in [1.82, 2.24) is 0 Å². The van der Waals surface area contributed by atoms with Crippen LogP contribution in [0.3, 0.4) is 0 Å². The molecule has 434 valence electrons. The second-order valence-electron chi connectivity index (χ2n) is 29.4. The van der Waals surface area contributed by atoms with E-state index in [-0.39, 0.29) is 21.7 Å². The van der Waals surface area contributed by atoms with E-state index >= 15 is 0 Å². The Balaban J connectivity index is 0.839. The average Bonchev–Trinajstić information content (AvgIpc) is 0.977. The van der Waals surface area contributed by atoms with Gasteiger partial charge in [0.2, 0.25) is 0 Å². The lowest BCUT2D eigenvalue weighted by Crippen LogP contribution is -2.14. The molecule has 0 aliphatic heterocycles. The first kappa shape index (κ1) is 52.4. The van der Waals surface area contributed by atoms with Crippen molar-refractivity contribution >= 4 is 64.6 Å². The Hall–Kier alpha value is -10.4. The molecule has 0 saturated carbocycles. The molecule has 0 unspecified atom stereocenters. The minimum absolute atomic E-state index is 0.111. The van der Waals surface area contributed by atoms with Gasteiger partial charge in [0.1, 0.15) is 0 Å². The highest BCUT2D eigenvalue weighted by molar-refractivity contribution is 6.34. The predicted molar refractivity (Wildman–Crippen MR) is 391 cm³/mol. The molecule has 0 saturated heterocycles. The lowest BCUT2D eigenvalue weighted by atomic mass is 9.79. The van der Waals surface area contributed by atoms with Gasteiger partial charge in [-0.2, -0.15) is 0 Å². The smallest absolute Gasteiger partial charge is 0.0159 e. The summed E-state index contributed by atoms with van der Waals surface area (Å²) in [6.07, 6.45) is 0. The molecule has 0 spiro atoms. The van der Waals surface area contributed by atoms with E-state index in [1.165, 1.54) is 209 Å². The van der Waals surface area contributed by atoms with Crippen LogP contribution in [0.5, 0.6) is 0 Å². The van der Waals surface area contributed by atoms with Gasteiger partial charge in [-0.1, -0.05) is 274 Å². The van der Waals surface area contributed by atoms with Gasteiger partial charge < -0.3 is 0 Å². The second-order valence-corrected chi connectivity index (χ2v) is 29.4. The van der Waals surface area contributed by atoms with Crippen molar-refractivity contribution in [3.05, 3.63) is 299 Å². The molecule has 0 heteroatoms. The maximum atomic E-state index is 2.54. The Morgan fingerprint density at radius 1 is 0.163 bits per heavy atom. The minimum Gasteiger partial charge on any atom is -0.0619 e. The highest BCUT2D eigenvalue weighted by Gasteiger charge is 2.40. The summed E-state index contributed by atoms with van der Waals surface area (Å²) in [4.78, 5) is 0. The fraction of sp³-hybridized carbons (Fsp3) is 0.130. The summed E-state index contributed by atoms with van der Waals surface area (Å²) in [7, 11) is 0. The largest absolute Gasteiger partial charge is 0.0619 e. The molecule has 16 aromatic rings. The minimum atomic E-state index is -0.124. The average molecular weight is 1170 g/mol. The van der Waals surface area contributed by atoms with Crippen LogP contribution in [0.2, 0.25) is 0 Å². The van der Waals surface area contributed by atoms with Crippen molar-refractivity contribution in [2.75, 3.05) is 0 Å². The van der Waals surface area contributed by atoms with E-state index in [0.717, 1.165) is 0 Å². The van der Waals surface area contributed by atoms with Gasteiger partial charge in [-0.3, -0.25) is 0 Å². The van der Waals surface area contributed by atoms with Gasteiger partial charge in [-0.25, -0.2) is 0 Å². The fourth-order valence-corrected chi connectivity index (χ4v) is 18.7. The quantitative estimate of drug-likeness (QED) is 0.151. The molecule has 4 aliphatic carbocycles. The summed E-state index contributed by atoms with van der Waals surface area (Å²) in [5, 5.41) is 15.5. The van der Waals surface area contributed by atoms with Crippen LogP contribution in [0, 0.1) is 0 Å². The van der Waals surface area contributed by atoms with Crippen LogP contribution >= 0.6 is 0 Å². The van der Waals surface area contributed by atoms with Gasteiger partial charge >= 0.3 is 0 Å². The molecule has 0 atom stereocenters. The van der Waals surface area contributed by atoms with Gasteiger partial charge in [0.15, 0.2) is 0 Å². The van der Waals surface area contributed by atoms with Gasteiger partial charge in [-0.15, -0.1) is 0 Å². The molecule has 0 nitrogen and oxygen atoms in total. The summed E-state index contributed by atoms with van der Waals surface area (Å²) >= 11 is 0. The van der Waals surface area contributed by atoms with Crippen LogP contribution in [0.25, 0.3) is 165 Å². The highest BCUT2D eigenvalue weighted by Crippen LogP contribution is 2.57. The highest BCUT2D eigenvalue weighted by atomic mass is 14.4. The summed E-state index contributed by atoms with van der Waals surface area (Å²) in [5.74, 6) is 0. The van der Waals surface area contributed by atoms with E-state index in [1.54, 1.807) is 0 Å². The standard InChI is InChI=1S/C92H66/c1-89(2)77-21-13-9-17-61(77)65-33-25-51(47-81(65)89)57-31-29-55-45-75(73-39-37-59(71-43-41-69(57)85(55)87(71)73)53-27-35-67-63-19-11-15-23-79(63)91(5,6)83(67)49-53)76-46-56-30-32-58(52-26-34-66-62-18-10-14-22-78(62)90(3,4)82(66)48-52)70-42-44-72-60(38-40-74(76)88(72)86(56)70)54-28-36-68-64-20-12-16-24-80(64)92(7,8)84(68)50-54/h9-50H,1-8H3. The molecule has 20 rings (SSSR count). The van der Waals surface area contributed by atoms with Crippen molar-refractivity contribution in [2.45, 2.75) is 77.0 Å². The maximum Gasteiger partial charge on any atom is 0.0159 e. The van der Waals surface area contributed by atoms with Gasteiger partial charge in [-0.05, 0) is 246 Å². The maximum absolute atomic E-state index is 2.54. The van der Waals surface area contributed by atoms with E-state index in [1.807, 2.05) is 0 Å². The lowest BCUT2D eigenvalue weighted by molar-refractivity contribution is 0.660. The summed E-state index contributed by atoms with van der Waals surface area (Å²) in [6, 6.07) is 99.6. The number of fused-ring (bicyclic) bond motifs is 12. The zero-order valence-corrected chi connectivity index (χ0v) is 53.2. The Bertz CT molecular complexity index is 5620. The number of benzene rings is 16. The monoisotopic (exact) mass is 1170 g/mol. The molecule has 0 radical (unpaired) electrons. The van der Waals surface area contributed by atoms with E-state index < -0.39 is 0 Å². The van der Waals surface area contributed by atoms with Crippen LogP contribution in [-0.4, -0.2) is 0 Å². The molecule has 0 amide bonds. The van der Waals surface area contributed by atoms with Crippen molar-refractivity contribution in [1.29, 1.82) is 0 Å². The predicted octanol–water partition coefficient (Wildman–Crippen LogP) is 25.0. The van der Waals surface area contributed by atoms with Crippen molar-refractivity contribution in [3.8, 4) is 100 Å². The Kier molecular flexibility index (Phi) is 10.1. The molecule has 0 aromatic heterocycles. The van der Waals surface area contributed by atoms with E-state index in [0.29, 0.717) is 0 Å². The van der Waals surface area contributed by atoms with Crippen LogP contribution in [-0.2, 0) is 21.7 Å². The van der Waals surface area contributed by atoms with Gasteiger partial charge in [0.05, 0.1) is 0 Å². The van der Waals surface area contributed by atoms with Crippen LogP contribution in [0.1, 0.15) is 99.9 Å². The van der Waals surface area contributed by atoms with E-state index in [2.05, 4.69) is 310 Å². The van der Waals surface area contributed by atoms with Crippen molar-refractivity contribution in [3.63, 3.8) is 0 Å². The fourth-order valence-electron chi connectivity index (χ4n) is 18.7. The first-order valence-corrected chi connectivity index (χ1v) is 33.1. The summed E-state index contributed by atoms with van der Waals surface area (Å²) in [6.45, 7) is 19.2. The molecule has 92 heavy (non-hydrogen) atoms. The van der Waals surface area contributed by atoms with E-state index in [9.17, 15) is 0 Å². The zero-order chi connectivity index (χ0) is 61.6. The van der Waals surface area contributed by atoms with Crippen molar-refractivity contribution in [2.24, 2.45) is 0 Å². The molecule has 16 aromatic carbocycles. The van der Waals surface area contributed by atoms with Crippen LogP contribution < -0.4 is 0 Å². The third kappa shape index (κ3) is 6.67. The molecule has 0 fully saturated rings. The number of hydrogen-bond acceptors (Lipinski definition) is 0. The molecule has 0 N–H and O–H groups in total. The molecule has 4 aliphatic rings. The Morgan fingerprint density at radius 3 is 0.674 bits per heavy atom. The topological polar surface area (TPSA) is 0 Å². The normalized spacial score (nSPS) is 15.5. The van der Waals surface area contributed by atoms with E-state index in [4.69, 9.17) is 0 Å². The summed E-state index contributed by atoms with van der Waals surface area (Å²) < 4.78 is 0. The second kappa shape index (κ2) is 17.8. The van der Waals surface area contributed by atoms with Crippen LogP contribution in [0.4, 0.5) is 0 Å². The van der Waals surface area contributed by atoms with Crippen molar-refractivity contribution < 1.29 is 0 Å². The Labute approximate surface area is 537 Å². The van der Waals surface area contributed by atoms with Crippen LogP contribution in [0.15, 0.2) is 255 Å². The molecule has 0 bridgehead atoms. The SMILES string of the molecule is CC1(C)c2ccccc2-c2ccc(-c3ccc4cc(-c5cc6ccc(-c7ccc8c(c7)C(C)(C)c7ccccc7-8)c7ccc8c(-c9ccc%10c(c9)C(C)(C)c9ccccc9-%10)ccc5c8c67)c5ccc(-c6ccc7c(c6)C(C)(C)c6ccccc6-7)c6ccc3c4c65)cc21. The third-order valence-corrected chi connectivity index (χ3v) is 23.4. The van der Waals surface area contributed by atoms with Gasteiger partial charge in [0, 0.05) is 21.7 Å². The molecular weight excluding hydrogens is 1110 g/mol. The first-order valence-electron chi connectivity index (χ1n) is 33.1. The zero-order valence-electron chi connectivity index (χ0n) is 53.2. The Morgan fingerprint density at radius 2 is 0.380 bits per heavy atom. The molecule has 0 heterocycles. The third-order valence-electron chi connectivity index (χ3n) is 23.4. The number of hydrogen-bond donors (Lipinski definition) is 0. The molecular formula is C92H66. The first-order chi connectivity index (χ1) is 44.6. The van der Waals surface area contributed by atoms with Gasteiger partial charge in [0.25, 0.3) is 0 Å². The number of rotatable bonds is 5. The lowest BCUT2D eigenvalue weighted by Gasteiger charge is -2.24.